The molecule has 1 rings (SSSR count). The number of pyridine rings is 1. The molecule has 4 nitrogen and oxygen atoms in total. The van der Waals surface area contributed by atoms with Gasteiger partial charge in [0.05, 0.1) is 10.6 Å². The summed E-state index contributed by atoms with van der Waals surface area (Å²) in [7, 11) is 1.73. The number of carbonyl (C=O) groups excluding carboxylic acids is 1. The maximum atomic E-state index is 11.8. The second-order valence-corrected chi connectivity index (χ2v) is 5.58. The van der Waals surface area contributed by atoms with E-state index in [1.807, 2.05) is 0 Å². The third-order valence-corrected chi connectivity index (χ3v) is 3.91. The normalized spacial score (nSPS) is 12.0. The first-order valence-electron chi connectivity index (χ1n) is 5.72. The fourth-order valence-corrected chi connectivity index (χ4v) is 1.97. The molecule has 0 aliphatic heterocycles. The first-order valence-corrected chi connectivity index (χ1v) is 7.39. The zero-order valence-corrected chi connectivity index (χ0v) is 12.4. The molecule has 0 saturated carbocycles. The Kier molecular flexibility index (Phi) is 6.29. The highest BCUT2D eigenvalue weighted by molar-refractivity contribution is 7.99. The first kappa shape index (κ1) is 15.1. The van der Waals surface area contributed by atoms with Gasteiger partial charge in [0, 0.05) is 25.0 Å². The summed E-state index contributed by atoms with van der Waals surface area (Å²) in [6.07, 6.45) is 4.53. The lowest BCUT2D eigenvalue weighted by Gasteiger charge is -2.10. The van der Waals surface area contributed by atoms with E-state index < -0.39 is 0 Å². The molecule has 100 valence electrons. The van der Waals surface area contributed by atoms with Crippen LogP contribution >= 0.6 is 23.4 Å². The third kappa shape index (κ3) is 4.38. The van der Waals surface area contributed by atoms with E-state index in [1.54, 1.807) is 24.9 Å². The number of nitrogens with zero attached hydrogens (tertiary/aromatic N) is 1. The molecule has 1 unspecified atom stereocenters. The Labute approximate surface area is 117 Å². The number of thioether (sulfide) groups is 1. The number of hydrogen-bond donors (Lipinski definition) is 2. The predicted octanol–water partition coefficient (Wildman–Crippen LogP) is 2.65. The summed E-state index contributed by atoms with van der Waals surface area (Å²) in [4.78, 5) is 15.9. The lowest BCUT2D eigenvalue weighted by molar-refractivity contribution is 0.0953. The van der Waals surface area contributed by atoms with Gasteiger partial charge in [0.25, 0.3) is 5.91 Å². The van der Waals surface area contributed by atoms with E-state index in [9.17, 15) is 4.79 Å². The maximum Gasteiger partial charge on any atom is 0.252 e. The van der Waals surface area contributed by atoms with Crippen molar-refractivity contribution in [1.29, 1.82) is 0 Å². The van der Waals surface area contributed by atoms with Crippen molar-refractivity contribution in [2.45, 2.75) is 18.6 Å². The Morgan fingerprint density at radius 1 is 1.61 bits per heavy atom. The molecular weight excluding hydrogens is 270 g/mol. The van der Waals surface area contributed by atoms with E-state index >= 15 is 0 Å². The minimum atomic E-state index is -0.139. The molecular formula is C12H18ClN3OS. The van der Waals surface area contributed by atoms with Crippen molar-refractivity contribution in [2.75, 3.05) is 25.2 Å². The molecule has 0 aromatic carbocycles. The lowest BCUT2D eigenvalue weighted by atomic mass is 10.2. The highest BCUT2D eigenvalue weighted by atomic mass is 35.5. The van der Waals surface area contributed by atoms with Crippen LogP contribution in [-0.2, 0) is 0 Å². The minimum absolute atomic E-state index is 0.139. The fraction of sp³-hybridized carbons (Fsp3) is 0.500. The van der Waals surface area contributed by atoms with Crippen LogP contribution in [0, 0.1) is 0 Å². The van der Waals surface area contributed by atoms with Gasteiger partial charge in [-0.3, -0.25) is 4.79 Å². The monoisotopic (exact) mass is 287 g/mol. The van der Waals surface area contributed by atoms with Crippen molar-refractivity contribution in [1.82, 2.24) is 10.3 Å². The molecule has 0 aliphatic rings. The quantitative estimate of drug-likeness (QED) is 0.845. The summed E-state index contributed by atoms with van der Waals surface area (Å²) >= 11 is 7.76. The van der Waals surface area contributed by atoms with Gasteiger partial charge in [-0.15, -0.1) is 0 Å². The second-order valence-electron chi connectivity index (χ2n) is 3.90. The Morgan fingerprint density at radius 2 is 2.33 bits per heavy atom. The Bertz CT molecular complexity index is 414. The van der Waals surface area contributed by atoms with Gasteiger partial charge in [-0.05, 0) is 18.7 Å². The van der Waals surface area contributed by atoms with Crippen molar-refractivity contribution in [3.05, 3.63) is 22.8 Å². The van der Waals surface area contributed by atoms with Crippen molar-refractivity contribution >= 4 is 35.1 Å². The van der Waals surface area contributed by atoms with Crippen LogP contribution in [0.4, 0.5) is 5.82 Å². The van der Waals surface area contributed by atoms with Crippen LogP contribution in [-0.4, -0.2) is 36.0 Å². The van der Waals surface area contributed by atoms with E-state index in [0.29, 0.717) is 28.2 Å². The van der Waals surface area contributed by atoms with Crippen molar-refractivity contribution < 1.29 is 4.79 Å². The molecule has 6 heteroatoms. The molecule has 0 saturated heterocycles. The van der Waals surface area contributed by atoms with Crippen LogP contribution in [0.1, 0.15) is 23.7 Å². The van der Waals surface area contributed by atoms with Crippen LogP contribution in [0.3, 0.4) is 0 Å². The summed E-state index contributed by atoms with van der Waals surface area (Å²) in [6, 6.07) is 1.62. The minimum Gasteiger partial charge on any atom is -0.372 e. The number of amides is 1. The average Bonchev–Trinajstić information content (AvgIpc) is 2.38. The number of halogens is 1. The van der Waals surface area contributed by atoms with Gasteiger partial charge in [-0.1, -0.05) is 18.5 Å². The van der Waals surface area contributed by atoms with E-state index in [0.717, 1.165) is 6.42 Å². The van der Waals surface area contributed by atoms with Crippen LogP contribution in [0.2, 0.25) is 5.02 Å². The third-order valence-electron chi connectivity index (χ3n) is 2.58. The Morgan fingerprint density at radius 3 is 2.89 bits per heavy atom. The molecule has 0 spiro atoms. The number of hydrogen-bond acceptors (Lipinski definition) is 4. The Balaban J connectivity index is 2.54. The molecule has 1 aromatic heterocycles. The highest BCUT2D eigenvalue weighted by Gasteiger charge is 2.09. The molecule has 0 radical (unpaired) electrons. The van der Waals surface area contributed by atoms with Crippen LogP contribution in [0.25, 0.3) is 0 Å². The van der Waals surface area contributed by atoms with Gasteiger partial charge in [0.2, 0.25) is 0 Å². The summed E-state index contributed by atoms with van der Waals surface area (Å²) in [5.41, 5.74) is 0.482. The van der Waals surface area contributed by atoms with Gasteiger partial charge in [-0.25, -0.2) is 4.98 Å². The van der Waals surface area contributed by atoms with Crippen molar-refractivity contribution in [3.63, 3.8) is 0 Å². The van der Waals surface area contributed by atoms with Crippen molar-refractivity contribution in [3.8, 4) is 0 Å². The summed E-state index contributed by atoms with van der Waals surface area (Å²) in [5, 5.41) is 6.69. The number of carbonyl (C=O) groups is 1. The van der Waals surface area contributed by atoms with Crippen molar-refractivity contribution in [2.24, 2.45) is 0 Å². The first-order chi connectivity index (χ1) is 8.58. The largest absolute Gasteiger partial charge is 0.372 e. The lowest BCUT2D eigenvalue weighted by Crippen LogP contribution is -2.26. The summed E-state index contributed by atoms with van der Waals surface area (Å²) < 4.78 is 0. The molecule has 1 heterocycles. The van der Waals surface area contributed by atoms with E-state index in [-0.39, 0.29) is 5.91 Å². The molecule has 1 amide bonds. The molecule has 18 heavy (non-hydrogen) atoms. The smallest absolute Gasteiger partial charge is 0.252 e. The topological polar surface area (TPSA) is 54.0 Å². The maximum absolute atomic E-state index is 11.8. The fourth-order valence-electron chi connectivity index (χ4n) is 1.35. The number of aromatic nitrogens is 1. The van der Waals surface area contributed by atoms with Gasteiger partial charge in [0.1, 0.15) is 5.82 Å². The van der Waals surface area contributed by atoms with Gasteiger partial charge >= 0.3 is 0 Å². The van der Waals surface area contributed by atoms with Gasteiger partial charge in [0.15, 0.2) is 0 Å². The number of rotatable bonds is 6. The number of nitrogens with one attached hydrogen (secondary N) is 2. The molecule has 0 fully saturated rings. The van der Waals surface area contributed by atoms with Gasteiger partial charge < -0.3 is 10.6 Å². The summed E-state index contributed by atoms with van der Waals surface area (Å²) in [5.74, 6) is 0.435. The highest BCUT2D eigenvalue weighted by Crippen LogP contribution is 2.19. The molecule has 0 aliphatic carbocycles. The second kappa shape index (κ2) is 7.48. The van der Waals surface area contributed by atoms with Crippen LogP contribution < -0.4 is 10.6 Å². The van der Waals surface area contributed by atoms with E-state index in [1.165, 1.54) is 6.20 Å². The molecule has 0 bridgehead atoms. The molecule has 1 atom stereocenters. The SMILES string of the molecule is CNc1ncc(C(=O)NCCC(C)SC)cc1Cl. The Hall–Kier alpha value is -0.940. The zero-order chi connectivity index (χ0) is 13.5. The molecule has 2 N–H and O–H groups in total. The molecule has 1 aromatic rings. The average molecular weight is 288 g/mol. The predicted molar refractivity (Wildman–Crippen MR) is 78.7 cm³/mol. The van der Waals surface area contributed by atoms with E-state index in [4.69, 9.17) is 11.6 Å². The summed E-state index contributed by atoms with van der Waals surface area (Å²) in [6.45, 7) is 2.79. The van der Waals surface area contributed by atoms with Gasteiger partial charge in [-0.2, -0.15) is 11.8 Å². The standard InChI is InChI=1S/C12H18ClN3OS/c1-8(18-3)4-5-15-12(17)9-6-10(13)11(14-2)16-7-9/h6-8H,4-5H2,1-3H3,(H,14,16)(H,15,17). The van der Waals surface area contributed by atoms with E-state index in [2.05, 4.69) is 28.8 Å². The zero-order valence-electron chi connectivity index (χ0n) is 10.8. The van der Waals surface area contributed by atoms with Crippen LogP contribution in [0.15, 0.2) is 12.3 Å². The number of anilines is 1. The van der Waals surface area contributed by atoms with Crippen LogP contribution in [0.5, 0.6) is 0 Å².